The van der Waals surface area contributed by atoms with Gasteiger partial charge in [-0.05, 0) is 25.0 Å². The average Bonchev–Trinajstić information content (AvgIpc) is 2.56. The first-order valence-corrected chi connectivity index (χ1v) is 4.60. The van der Waals surface area contributed by atoms with Crippen LogP contribution < -0.4 is 5.32 Å². The SMILES string of the molecule is C=CC1=C(/C=C\C)NCC1.CC. The molecule has 0 spiro atoms. The summed E-state index contributed by atoms with van der Waals surface area (Å²) < 4.78 is 0. The summed E-state index contributed by atoms with van der Waals surface area (Å²) in [6.45, 7) is 10.8. The third kappa shape index (κ3) is 2.95. The minimum atomic E-state index is 1.06. The van der Waals surface area contributed by atoms with Crippen LogP contribution in [0.25, 0.3) is 0 Å². The molecule has 0 atom stereocenters. The molecule has 12 heavy (non-hydrogen) atoms. The fraction of sp³-hybridized carbons (Fsp3) is 0.455. The van der Waals surface area contributed by atoms with Gasteiger partial charge in [-0.15, -0.1) is 0 Å². The van der Waals surface area contributed by atoms with Crippen LogP contribution in [0.1, 0.15) is 27.2 Å². The zero-order valence-electron chi connectivity index (χ0n) is 8.35. The lowest BCUT2D eigenvalue weighted by Crippen LogP contribution is -2.04. The van der Waals surface area contributed by atoms with Crippen LogP contribution >= 0.6 is 0 Å². The summed E-state index contributed by atoms with van der Waals surface area (Å²) in [5, 5.41) is 3.28. The molecule has 0 aromatic heterocycles. The Labute approximate surface area is 75.9 Å². The van der Waals surface area contributed by atoms with E-state index in [1.807, 2.05) is 32.9 Å². The normalized spacial score (nSPS) is 15.6. The topological polar surface area (TPSA) is 12.0 Å². The number of hydrogen-bond acceptors (Lipinski definition) is 1. The average molecular weight is 165 g/mol. The van der Waals surface area contributed by atoms with E-state index in [0.717, 1.165) is 13.0 Å². The third-order valence-electron chi connectivity index (χ3n) is 1.64. The monoisotopic (exact) mass is 165 g/mol. The van der Waals surface area contributed by atoms with E-state index >= 15 is 0 Å². The molecule has 1 heteroatoms. The van der Waals surface area contributed by atoms with Gasteiger partial charge < -0.3 is 5.32 Å². The lowest BCUT2D eigenvalue weighted by Gasteiger charge is -1.95. The Bertz CT molecular complexity index is 187. The molecule has 0 fully saturated rings. The minimum absolute atomic E-state index is 1.06. The Balaban J connectivity index is 0.000000561. The van der Waals surface area contributed by atoms with E-state index in [2.05, 4.69) is 18.0 Å². The second-order valence-electron chi connectivity index (χ2n) is 2.32. The second kappa shape index (κ2) is 6.71. The van der Waals surface area contributed by atoms with Crippen LogP contribution in [0.2, 0.25) is 0 Å². The van der Waals surface area contributed by atoms with Crippen LogP contribution in [0.5, 0.6) is 0 Å². The summed E-state index contributed by atoms with van der Waals surface area (Å²) in [6.07, 6.45) is 7.17. The summed E-state index contributed by atoms with van der Waals surface area (Å²) in [6, 6.07) is 0. The smallest absolute Gasteiger partial charge is 0.0369 e. The fourth-order valence-electron chi connectivity index (χ4n) is 1.12. The molecule has 1 N–H and O–H groups in total. The molecule has 68 valence electrons. The first kappa shape index (κ1) is 11.0. The first-order chi connectivity index (χ1) is 5.88. The predicted molar refractivity (Wildman–Crippen MR) is 56.0 cm³/mol. The molecule has 0 radical (unpaired) electrons. The quantitative estimate of drug-likeness (QED) is 0.663. The van der Waals surface area contributed by atoms with Gasteiger partial charge in [0.1, 0.15) is 0 Å². The van der Waals surface area contributed by atoms with E-state index in [4.69, 9.17) is 0 Å². The number of hydrogen-bond donors (Lipinski definition) is 1. The Hall–Kier alpha value is -0.980. The van der Waals surface area contributed by atoms with Gasteiger partial charge in [-0.1, -0.05) is 32.6 Å². The maximum absolute atomic E-state index is 3.74. The highest BCUT2D eigenvalue weighted by Gasteiger charge is 2.06. The van der Waals surface area contributed by atoms with E-state index in [1.54, 1.807) is 0 Å². The number of allylic oxidation sites excluding steroid dienone is 3. The summed E-state index contributed by atoms with van der Waals surface area (Å²) in [7, 11) is 0. The molecule has 1 aliphatic heterocycles. The van der Waals surface area contributed by atoms with Crippen LogP contribution in [-0.2, 0) is 0 Å². The molecule has 0 saturated carbocycles. The van der Waals surface area contributed by atoms with Gasteiger partial charge in [-0.3, -0.25) is 0 Å². The molecule has 1 nitrogen and oxygen atoms in total. The fourth-order valence-corrected chi connectivity index (χ4v) is 1.12. The highest BCUT2D eigenvalue weighted by molar-refractivity contribution is 5.34. The number of nitrogens with one attached hydrogen (secondary N) is 1. The van der Waals surface area contributed by atoms with Crippen LogP contribution in [0.15, 0.2) is 36.1 Å². The minimum Gasteiger partial charge on any atom is -0.384 e. The van der Waals surface area contributed by atoms with Crippen molar-refractivity contribution in [2.24, 2.45) is 0 Å². The predicted octanol–water partition coefficient (Wildman–Crippen LogP) is 3.02. The molecule has 0 aromatic carbocycles. The zero-order chi connectivity index (χ0) is 9.40. The van der Waals surface area contributed by atoms with Gasteiger partial charge in [0.05, 0.1) is 0 Å². The molecule has 0 aliphatic carbocycles. The molecular weight excluding hydrogens is 146 g/mol. The maximum atomic E-state index is 3.74. The Morgan fingerprint density at radius 1 is 1.42 bits per heavy atom. The van der Waals surface area contributed by atoms with Gasteiger partial charge in [0.2, 0.25) is 0 Å². The Kier molecular flexibility index (Phi) is 6.16. The van der Waals surface area contributed by atoms with E-state index in [1.165, 1.54) is 11.3 Å². The van der Waals surface area contributed by atoms with Gasteiger partial charge in [0.25, 0.3) is 0 Å². The van der Waals surface area contributed by atoms with Crippen LogP contribution in [0, 0.1) is 0 Å². The van der Waals surface area contributed by atoms with Gasteiger partial charge >= 0.3 is 0 Å². The van der Waals surface area contributed by atoms with E-state index in [-0.39, 0.29) is 0 Å². The standard InChI is InChI=1S/C9H13N.C2H6/c1-3-5-9-8(4-2)6-7-10-9;1-2/h3-5,10H,2,6-7H2,1H3;1-2H3/b5-3-;. The van der Waals surface area contributed by atoms with E-state index < -0.39 is 0 Å². The Morgan fingerprint density at radius 3 is 2.58 bits per heavy atom. The zero-order valence-corrected chi connectivity index (χ0v) is 8.35. The van der Waals surface area contributed by atoms with E-state index in [9.17, 15) is 0 Å². The van der Waals surface area contributed by atoms with Gasteiger partial charge in [-0.2, -0.15) is 0 Å². The molecule has 1 heterocycles. The van der Waals surface area contributed by atoms with Crippen molar-refractivity contribution in [3.63, 3.8) is 0 Å². The second-order valence-corrected chi connectivity index (χ2v) is 2.32. The van der Waals surface area contributed by atoms with Gasteiger partial charge in [0, 0.05) is 12.2 Å². The highest BCUT2D eigenvalue weighted by Crippen LogP contribution is 2.14. The van der Waals surface area contributed by atoms with Crippen LogP contribution in [-0.4, -0.2) is 6.54 Å². The third-order valence-corrected chi connectivity index (χ3v) is 1.64. The van der Waals surface area contributed by atoms with Crippen LogP contribution in [0.4, 0.5) is 0 Å². The molecule has 0 aromatic rings. The molecule has 0 unspecified atom stereocenters. The van der Waals surface area contributed by atoms with Crippen molar-refractivity contribution in [2.75, 3.05) is 6.54 Å². The molecular formula is C11H19N. The lowest BCUT2D eigenvalue weighted by atomic mass is 10.2. The molecule has 0 bridgehead atoms. The lowest BCUT2D eigenvalue weighted by molar-refractivity contribution is 0.888. The van der Waals surface area contributed by atoms with Crippen molar-refractivity contribution in [3.8, 4) is 0 Å². The van der Waals surface area contributed by atoms with Crippen molar-refractivity contribution >= 4 is 0 Å². The van der Waals surface area contributed by atoms with Crippen molar-refractivity contribution in [1.29, 1.82) is 0 Å². The highest BCUT2D eigenvalue weighted by atomic mass is 14.9. The maximum Gasteiger partial charge on any atom is 0.0369 e. The van der Waals surface area contributed by atoms with Crippen molar-refractivity contribution in [1.82, 2.24) is 5.32 Å². The van der Waals surface area contributed by atoms with Crippen molar-refractivity contribution in [3.05, 3.63) is 36.1 Å². The Morgan fingerprint density at radius 2 is 2.08 bits per heavy atom. The van der Waals surface area contributed by atoms with E-state index in [0.29, 0.717) is 0 Å². The first-order valence-electron chi connectivity index (χ1n) is 4.60. The molecule has 1 rings (SSSR count). The number of rotatable bonds is 2. The molecule has 0 saturated heterocycles. The molecule has 0 amide bonds. The van der Waals surface area contributed by atoms with Gasteiger partial charge in [-0.25, -0.2) is 0 Å². The largest absolute Gasteiger partial charge is 0.384 e. The van der Waals surface area contributed by atoms with Crippen LogP contribution in [0.3, 0.4) is 0 Å². The summed E-state index contributed by atoms with van der Waals surface area (Å²) >= 11 is 0. The summed E-state index contributed by atoms with van der Waals surface area (Å²) in [5.74, 6) is 0. The summed E-state index contributed by atoms with van der Waals surface area (Å²) in [5.41, 5.74) is 2.57. The summed E-state index contributed by atoms with van der Waals surface area (Å²) in [4.78, 5) is 0. The van der Waals surface area contributed by atoms with Crippen molar-refractivity contribution < 1.29 is 0 Å². The molecule has 1 aliphatic rings. The van der Waals surface area contributed by atoms with Gasteiger partial charge in [0.15, 0.2) is 0 Å². The van der Waals surface area contributed by atoms with Crippen molar-refractivity contribution in [2.45, 2.75) is 27.2 Å².